The van der Waals surface area contributed by atoms with Gasteiger partial charge in [-0.3, -0.25) is 9.59 Å². The first kappa shape index (κ1) is 22.9. The van der Waals surface area contributed by atoms with E-state index in [1.807, 2.05) is 30.3 Å². The highest BCUT2D eigenvalue weighted by Crippen LogP contribution is 2.41. The van der Waals surface area contributed by atoms with Gasteiger partial charge in [0.25, 0.3) is 5.91 Å². The molecule has 0 radical (unpaired) electrons. The topological polar surface area (TPSA) is 74.0 Å². The van der Waals surface area contributed by atoms with E-state index in [1.165, 1.54) is 25.0 Å². The number of ketones is 1. The van der Waals surface area contributed by atoms with Crippen LogP contribution in [-0.2, 0) is 4.79 Å². The Morgan fingerprint density at radius 2 is 1.92 bits per heavy atom. The third kappa shape index (κ3) is 4.42. The Morgan fingerprint density at radius 1 is 1.06 bits per heavy atom. The maximum absolute atomic E-state index is 14.0. The summed E-state index contributed by atoms with van der Waals surface area (Å²) in [6, 6.07) is 13.8. The standard InChI is InChI=1S/C30H30FN3O2/c31-21-6-1-4-19(14-21)22-7-3-9-26-28(22)25(30(36)34-26)15-27-24(12-13-33-27)29(35)23-8-2-5-20(23)17-32-16-18-10-11-18/h1,3-4,6-7,9,12-15,18,20,23,32-33H,2,5,8,10-11,16-17H2,(H,34,36)/t20-,23?/m0/s1. The fraction of sp³-hybridized carbons (Fsp3) is 0.333. The van der Waals surface area contributed by atoms with Crippen molar-refractivity contribution in [3.63, 3.8) is 0 Å². The van der Waals surface area contributed by atoms with Crippen LogP contribution in [0.1, 0.15) is 53.7 Å². The minimum atomic E-state index is -0.331. The number of rotatable bonds is 8. The Kier molecular flexibility index (Phi) is 6.05. The summed E-state index contributed by atoms with van der Waals surface area (Å²) in [5, 5.41) is 6.51. The van der Waals surface area contributed by atoms with E-state index in [9.17, 15) is 14.0 Å². The monoisotopic (exact) mass is 483 g/mol. The number of hydrogen-bond donors (Lipinski definition) is 3. The molecule has 1 amide bonds. The Bertz CT molecular complexity index is 1350. The summed E-state index contributed by atoms with van der Waals surface area (Å²) in [6.45, 7) is 1.95. The lowest BCUT2D eigenvalue weighted by Crippen LogP contribution is -2.30. The summed E-state index contributed by atoms with van der Waals surface area (Å²) in [5.74, 6) is 0.753. The molecule has 3 aliphatic rings. The first-order chi connectivity index (χ1) is 17.6. The molecular formula is C30H30FN3O2. The molecule has 6 rings (SSSR count). The number of carbonyl (C=O) groups is 2. The van der Waals surface area contributed by atoms with E-state index in [4.69, 9.17) is 0 Å². The predicted molar refractivity (Wildman–Crippen MR) is 140 cm³/mol. The molecule has 184 valence electrons. The smallest absolute Gasteiger partial charge is 0.256 e. The first-order valence-corrected chi connectivity index (χ1v) is 12.9. The molecule has 1 aromatic heterocycles. The molecule has 3 N–H and O–H groups in total. The van der Waals surface area contributed by atoms with Gasteiger partial charge in [-0.15, -0.1) is 0 Å². The number of aromatic nitrogens is 1. The van der Waals surface area contributed by atoms with Crippen LogP contribution in [0.2, 0.25) is 0 Å². The van der Waals surface area contributed by atoms with Gasteiger partial charge >= 0.3 is 0 Å². The third-order valence-electron chi connectivity index (χ3n) is 7.83. The number of halogens is 1. The molecule has 36 heavy (non-hydrogen) atoms. The molecule has 1 aliphatic heterocycles. The number of anilines is 1. The molecule has 2 heterocycles. The zero-order chi connectivity index (χ0) is 24.6. The van der Waals surface area contributed by atoms with E-state index < -0.39 is 0 Å². The summed E-state index contributed by atoms with van der Waals surface area (Å²) in [5.41, 5.74) is 4.62. The highest BCUT2D eigenvalue weighted by molar-refractivity contribution is 6.36. The quantitative estimate of drug-likeness (QED) is 0.275. The number of benzene rings is 2. The lowest BCUT2D eigenvalue weighted by Gasteiger charge is -2.19. The zero-order valence-corrected chi connectivity index (χ0v) is 20.1. The largest absolute Gasteiger partial charge is 0.361 e. The minimum Gasteiger partial charge on any atom is -0.361 e. The maximum Gasteiger partial charge on any atom is 0.256 e. The van der Waals surface area contributed by atoms with Crippen LogP contribution in [0, 0.1) is 23.6 Å². The molecule has 0 spiro atoms. The van der Waals surface area contributed by atoms with Gasteiger partial charge in [-0.1, -0.05) is 30.7 Å². The Morgan fingerprint density at radius 3 is 2.75 bits per heavy atom. The van der Waals surface area contributed by atoms with Gasteiger partial charge in [0, 0.05) is 34.6 Å². The maximum atomic E-state index is 14.0. The molecule has 2 aromatic carbocycles. The molecule has 3 aromatic rings. The highest BCUT2D eigenvalue weighted by atomic mass is 19.1. The zero-order valence-electron chi connectivity index (χ0n) is 20.1. The third-order valence-corrected chi connectivity index (χ3v) is 7.83. The molecule has 0 saturated heterocycles. The summed E-state index contributed by atoms with van der Waals surface area (Å²) in [6.07, 6.45) is 9.22. The average Bonchev–Trinajstić information content (AvgIpc) is 3.25. The second kappa shape index (κ2) is 9.51. The van der Waals surface area contributed by atoms with E-state index in [0.29, 0.717) is 34.0 Å². The molecular weight excluding hydrogens is 453 g/mol. The van der Waals surface area contributed by atoms with E-state index in [1.54, 1.807) is 18.3 Å². The van der Waals surface area contributed by atoms with Crippen molar-refractivity contribution >= 4 is 29.0 Å². The summed E-state index contributed by atoms with van der Waals surface area (Å²) in [7, 11) is 0. The average molecular weight is 484 g/mol. The van der Waals surface area contributed by atoms with Crippen molar-refractivity contribution in [3.05, 3.63) is 77.4 Å². The molecule has 1 unspecified atom stereocenters. The number of aromatic amines is 1. The summed E-state index contributed by atoms with van der Waals surface area (Å²) >= 11 is 0. The van der Waals surface area contributed by atoms with Gasteiger partial charge in [-0.05, 0) is 92.1 Å². The van der Waals surface area contributed by atoms with Crippen LogP contribution in [0.15, 0.2) is 54.7 Å². The molecule has 5 nitrogen and oxygen atoms in total. The van der Waals surface area contributed by atoms with E-state index in [2.05, 4.69) is 15.6 Å². The van der Waals surface area contributed by atoms with Crippen LogP contribution >= 0.6 is 0 Å². The van der Waals surface area contributed by atoms with E-state index in [0.717, 1.165) is 49.4 Å². The number of amides is 1. The fourth-order valence-electron chi connectivity index (χ4n) is 5.77. The van der Waals surface area contributed by atoms with Crippen molar-refractivity contribution in [3.8, 4) is 11.1 Å². The van der Waals surface area contributed by atoms with Gasteiger partial charge in [-0.2, -0.15) is 0 Å². The number of Topliss-reactive ketones (excluding diaryl/α,β-unsaturated/α-hetero) is 1. The van der Waals surface area contributed by atoms with Crippen LogP contribution < -0.4 is 10.6 Å². The predicted octanol–water partition coefficient (Wildman–Crippen LogP) is 5.91. The van der Waals surface area contributed by atoms with Gasteiger partial charge in [0.1, 0.15) is 5.82 Å². The minimum absolute atomic E-state index is 0.00259. The molecule has 6 heteroatoms. The second-order valence-corrected chi connectivity index (χ2v) is 10.3. The Labute approximate surface area is 210 Å². The summed E-state index contributed by atoms with van der Waals surface area (Å²) < 4.78 is 14.0. The van der Waals surface area contributed by atoms with Crippen LogP contribution in [-0.4, -0.2) is 29.8 Å². The number of carbonyl (C=O) groups excluding carboxylic acids is 2. The Hall–Kier alpha value is -3.51. The summed E-state index contributed by atoms with van der Waals surface area (Å²) in [4.78, 5) is 29.9. The lowest BCUT2D eigenvalue weighted by atomic mass is 9.87. The Balaban J connectivity index is 1.30. The van der Waals surface area contributed by atoms with Gasteiger partial charge in [0.2, 0.25) is 0 Å². The number of hydrogen-bond acceptors (Lipinski definition) is 3. The van der Waals surface area contributed by atoms with Crippen molar-refractivity contribution in [2.45, 2.75) is 32.1 Å². The number of fused-ring (bicyclic) bond motifs is 1. The van der Waals surface area contributed by atoms with Crippen molar-refractivity contribution in [1.82, 2.24) is 10.3 Å². The number of H-pyrrole nitrogens is 1. The second-order valence-electron chi connectivity index (χ2n) is 10.3. The van der Waals surface area contributed by atoms with Crippen LogP contribution in [0.4, 0.5) is 10.1 Å². The molecule has 2 saturated carbocycles. The van der Waals surface area contributed by atoms with Gasteiger partial charge in [0.15, 0.2) is 5.78 Å². The first-order valence-electron chi connectivity index (χ1n) is 12.9. The van der Waals surface area contributed by atoms with Gasteiger partial charge in [-0.25, -0.2) is 4.39 Å². The van der Waals surface area contributed by atoms with Crippen molar-refractivity contribution in [2.24, 2.45) is 17.8 Å². The van der Waals surface area contributed by atoms with Crippen molar-refractivity contribution < 1.29 is 14.0 Å². The normalized spacial score (nSPS) is 22.1. The lowest BCUT2D eigenvalue weighted by molar-refractivity contribution is -0.110. The van der Waals surface area contributed by atoms with E-state index in [-0.39, 0.29) is 23.4 Å². The SMILES string of the molecule is O=C1Nc2cccc(-c3cccc(F)c3)c2C1=Cc1[nH]ccc1C(=O)C1CCC[C@H]1CNCC1CC1. The van der Waals surface area contributed by atoms with Crippen LogP contribution in [0.5, 0.6) is 0 Å². The van der Waals surface area contributed by atoms with Gasteiger partial charge in [0.05, 0.1) is 5.57 Å². The number of nitrogens with one attached hydrogen (secondary N) is 3. The molecule has 2 fully saturated rings. The highest BCUT2D eigenvalue weighted by Gasteiger charge is 2.35. The van der Waals surface area contributed by atoms with E-state index >= 15 is 0 Å². The molecule has 0 bridgehead atoms. The van der Waals surface area contributed by atoms with Crippen LogP contribution in [0.25, 0.3) is 22.8 Å². The van der Waals surface area contributed by atoms with Gasteiger partial charge < -0.3 is 15.6 Å². The fourth-order valence-corrected chi connectivity index (χ4v) is 5.77. The molecule has 2 atom stereocenters. The van der Waals surface area contributed by atoms with Crippen LogP contribution in [0.3, 0.4) is 0 Å². The molecule has 2 aliphatic carbocycles. The van der Waals surface area contributed by atoms with Crippen molar-refractivity contribution in [2.75, 3.05) is 18.4 Å². The van der Waals surface area contributed by atoms with Crippen molar-refractivity contribution in [1.29, 1.82) is 0 Å².